The summed E-state index contributed by atoms with van der Waals surface area (Å²) in [6.45, 7) is 0.00357. The molecule has 3 aliphatic carbocycles. The molecule has 50 heavy (non-hydrogen) atoms. The maximum Gasteiger partial charge on any atom is 0.303 e. The van der Waals surface area contributed by atoms with Crippen molar-refractivity contribution in [3.8, 4) is 5.75 Å². The molecular formula is C42H35NO7. The standard InChI is InChI=1S/C42H35NO7/c44-34-23-31(24-10-3-1-4-11-24)39(48)33-22-32-28(19-20-29-36(32)41(50)43(40(29)49)21-9-16-35(45)46)37(42(33,34)26-13-5-2-6-14-26)30-18-17-25-12-7-8-15-27(25)38(30)47/h1-8,10-15,17-19,23,29,32-33,36-37,47H,9,16,20-22H2,(H,45,46)/t29-,32+,33-,36-,37+,42-/m0/s1. The van der Waals surface area contributed by atoms with E-state index in [1.54, 1.807) is 12.1 Å². The molecule has 2 fully saturated rings. The molecular weight excluding hydrogens is 630 g/mol. The molecule has 1 aliphatic heterocycles. The smallest absolute Gasteiger partial charge is 0.303 e. The van der Waals surface area contributed by atoms with Crippen LogP contribution in [0.4, 0.5) is 0 Å². The summed E-state index contributed by atoms with van der Waals surface area (Å²) >= 11 is 0. The number of aromatic hydroxyl groups is 1. The van der Waals surface area contributed by atoms with Crippen LogP contribution in [0.25, 0.3) is 16.3 Å². The second-order valence-electron chi connectivity index (χ2n) is 13.8. The zero-order chi connectivity index (χ0) is 34.7. The number of allylic oxidation sites excluding steroid dienone is 4. The summed E-state index contributed by atoms with van der Waals surface area (Å²) in [5.74, 6) is -5.93. The number of hydrogen-bond donors (Lipinski definition) is 2. The molecule has 0 bridgehead atoms. The minimum atomic E-state index is -1.45. The number of benzene rings is 4. The van der Waals surface area contributed by atoms with Crippen molar-refractivity contribution in [2.45, 2.75) is 37.0 Å². The van der Waals surface area contributed by atoms with Crippen LogP contribution >= 0.6 is 0 Å². The third kappa shape index (κ3) is 4.61. The van der Waals surface area contributed by atoms with Crippen LogP contribution in [0.3, 0.4) is 0 Å². The Hall–Kier alpha value is -5.63. The van der Waals surface area contributed by atoms with Gasteiger partial charge in [0.05, 0.1) is 17.3 Å². The SMILES string of the molecule is O=C(O)CCCN1C(=O)[C@H]2[C@H](CC=C3[C@H]2C[C@H]2C(=O)C(c4ccccc4)=CC(=O)[C@@]2(c2ccccc2)[C@H]3c2ccc3ccccc3c2O)C1=O. The van der Waals surface area contributed by atoms with Gasteiger partial charge in [0.25, 0.3) is 0 Å². The molecule has 4 aromatic carbocycles. The van der Waals surface area contributed by atoms with Crippen molar-refractivity contribution in [3.63, 3.8) is 0 Å². The monoisotopic (exact) mass is 665 g/mol. The van der Waals surface area contributed by atoms with Crippen molar-refractivity contribution in [1.29, 1.82) is 0 Å². The first-order chi connectivity index (χ1) is 24.2. The lowest BCUT2D eigenvalue weighted by Gasteiger charge is -2.55. The molecule has 4 aromatic rings. The number of amides is 2. The number of carboxylic acid groups (broad SMARTS) is 1. The number of hydrogen-bond acceptors (Lipinski definition) is 6. The lowest BCUT2D eigenvalue weighted by molar-refractivity contribution is -0.142. The average molecular weight is 666 g/mol. The summed E-state index contributed by atoms with van der Waals surface area (Å²) in [7, 11) is 0. The fourth-order valence-electron chi connectivity index (χ4n) is 9.40. The highest BCUT2D eigenvalue weighted by atomic mass is 16.4. The van der Waals surface area contributed by atoms with Crippen LogP contribution < -0.4 is 0 Å². The summed E-state index contributed by atoms with van der Waals surface area (Å²) in [5, 5.41) is 22.7. The maximum atomic E-state index is 15.2. The molecule has 8 heteroatoms. The van der Waals surface area contributed by atoms with Gasteiger partial charge in [-0.15, -0.1) is 0 Å². The van der Waals surface area contributed by atoms with Gasteiger partial charge in [-0.05, 0) is 47.8 Å². The Morgan fingerprint density at radius 1 is 0.820 bits per heavy atom. The highest BCUT2D eigenvalue weighted by Gasteiger charge is 2.66. The predicted molar refractivity (Wildman–Crippen MR) is 186 cm³/mol. The van der Waals surface area contributed by atoms with E-state index in [2.05, 4.69) is 0 Å². The van der Waals surface area contributed by atoms with Crippen LogP contribution in [0.5, 0.6) is 5.75 Å². The Bertz CT molecular complexity index is 2150. The van der Waals surface area contributed by atoms with Gasteiger partial charge in [0.2, 0.25) is 11.8 Å². The van der Waals surface area contributed by atoms with Crippen molar-refractivity contribution in [1.82, 2.24) is 4.90 Å². The van der Waals surface area contributed by atoms with Gasteiger partial charge in [-0.25, -0.2) is 0 Å². The first-order valence-electron chi connectivity index (χ1n) is 17.1. The quantitative estimate of drug-likeness (QED) is 0.177. The lowest BCUT2D eigenvalue weighted by Crippen LogP contribution is -2.58. The molecule has 2 N–H and O–H groups in total. The van der Waals surface area contributed by atoms with Gasteiger partial charge >= 0.3 is 5.97 Å². The Kier molecular flexibility index (Phi) is 7.62. The highest BCUT2D eigenvalue weighted by Crippen LogP contribution is 2.64. The molecule has 250 valence electrons. The normalized spacial score (nSPS) is 27.4. The molecule has 1 saturated carbocycles. The fraction of sp³-hybridized carbons (Fsp3) is 0.262. The number of imide groups is 1. The summed E-state index contributed by atoms with van der Waals surface area (Å²) < 4.78 is 0. The van der Waals surface area contributed by atoms with Crippen LogP contribution in [0.15, 0.2) is 115 Å². The highest BCUT2D eigenvalue weighted by molar-refractivity contribution is 6.31. The van der Waals surface area contributed by atoms with Gasteiger partial charge in [0.15, 0.2) is 11.6 Å². The van der Waals surface area contributed by atoms with E-state index in [0.717, 1.165) is 11.0 Å². The van der Waals surface area contributed by atoms with Crippen LogP contribution in [0, 0.1) is 23.7 Å². The number of ketones is 2. The number of rotatable bonds is 7. The minimum absolute atomic E-state index is 0.00357. The molecule has 2 amide bonds. The third-order valence-corrected chi connectivity index (χ3v) is 11.5. The summed E-state index contributed by atoms with van der Waals surface area (Å²) in [5.41, 5.74) is 1.38. The molecule has 0 unspecified atom stereocenters. The predicted octanol–water partition coefficient (Wildman–Crippen LogP) is 6.23. The van der Waals surface area contributed by atoms with E-state index in [-0.39, 0.29) is 61.4 Å². The number of fused-ring (bicyclic) bond motifs is 5. The Labute approximate surface area is 288 Å². The van der Waals surface area contributed by atoms with Crippen LogP contribution in [-0.2, 0) is 29.4 Å². The summed E-state index contributed by atoms with van der Waals surface area (Å²) in [4.78, 5) is 70.6. The van der Waals surface area contributed by atoms with Crippen molar-refractivity contribution in [2.24, 2.45) is 23.7 Å². The zero-order valence-electron chi connectivity index (χ0n) is 27.2. The van der Waals surface area contributed by atoms with Crippen molar-refractivity contribution < 1.29 is 34.2 Å². The summed E-state index contributed by atoms with van der Waals surface area (Å²) in [6, 6.07) is 29.5. The van der Waals surface area contributed by atoms with Gasteiger partial charge in [0.1, 0.15) is 5.75 Å². The number of Topliss-reactive ketones (excluding diaryl/α,β-unsaturated/α-hetero) is 1. The van der Waals surface area contributed by atoms with Gasteiger partial charge in [0, 0.05) is 41.3 Å². The molecule has 0 spiro atoms. The second-order valence-corrected chi connectivity index (χ2v) is 13.8. The first-order valence-corrected chi connectivity index (χ1v) is 17.1. The topological polar surface area (TPSA) is 129 Å². The minimum Gasteiger partial charge on any atom is -0.507 e. The van der Waals surface area contributed by atoms with E-state index in [9.17, 15) is 24.6 Å². The second kappa shape index (κ2) is 12.1. The van der Waals surface area contributed by atoms with E-state index < -0.39 is 41.0 Å². The largest absolute Gasteiger partial charge is 0.507 e. The van der Waals surface area contributed by atoms with Crippen molar-refractivity contribution >= 4 is 45.7 Å². The van der Waals surface area contributed by atoms with E-state index >= 15 is 9.59 Å². The third-order valence-electron chi connectivity index (χ3n) is 11.5. The Morgan fingerprint density at radius 3 is 2.26 bits per heavy atom. The van der Waals surface area contributed by atoms with Crippen LogP contribution in [-0.4, -0.2) is 51.0 Å². The number of carbonyl (C=O) groups excluding carboxylic acids is 4. The molecule has 0 radical (unpaired) electrons. The molecule has 8 rings (SSSR count). The molecule has 1 heterocycles. The van der Waals surface area contributed by atoms with E-state index in [4.69, 9.17) is 0 Å². The van der Waals surface area contributed by atoms with Crippen LogP contribution in [0.1, 0.15) is 48.3 Å². The first kappa shape index (κ1) is 31.6. The Balaban J connectivity index is 1.36. The number of likely N-dealkylation sites (tertiary alicyclic amines) is 1. The molecule has 0 aromatic heterocycles. The molecule has 8 nitrogen and oxygen atoms in total. The van der Waals surface area contributed by atoms with Gasteiger partial charge in [-0.1, -0.05) is 109 Å². The van der Waals surface area contributed by atoms with E-state index in [1.165, 1.54) is 11.0 Å². The number of phenols is 1. The Morgan fingerprint density at radius 2 is 1.52 bits per heavy atom. The maximum absolute atomic E-state index is 15.2. The van der Waals surface area contributed by atoms with Gasteiger partial charge in [-0.2, -0.15) is 0 Å². The molecule has 1 saturated heterocycles. The molecule has 4 aliphatic rings. The van der Waals surface area contributed by atoms with E-state index in [0.29, 0.717) is 27.6 Å². The average Bonchev–Trinajstić information content (AvgIpc) is 3.38. The summed E-state index contributed by atoms with van der Waals surface area (Å²) in [6.07, 6.45) is 3.81. The van der Waals surface area contributed by atoms with Crippen LogP contribution in [0.2, 0.25) is 0 Å². The van der Waals surface area contributed by atoms with Crippen molar-refractivity contribution in [2.75, 3.05) is 6.54 Å². The zero-order valence-corrected chi connectivity index (χ0v) is 27.2. The lowest BCUT2D eigenvalue weighted by atomic mass is 9.44. The van der Waals surface area contributed by atoms with Gasteiger partial charge in [-0.3, -0.25) is 28.9 Å². The fourth-order valence-corrected chi connectivity index (χ4v) is 9.40. The number of phenolic OH excluding ortho intramolecular Hbond substituents is 1. The van der Waals surface area contributed by atoms with Gasteiger partial charge < -0.3 is 10.2 Å². The number of carboxylic acids is 1. The molecule has 6 atom stereocenters. The number of nitrogens with zero attached hydrogens (tertiary/aromatic N) is 1. The number of aliphatic carboxylic acids is 1. The van der Waals surface area contributed by atoms with E-state index in [1.807, 2.05) is 91.0 Å². The van der Waals surface area contributed by atoms with Crippen molar-refractivity contribution in [3.05, 3.63) is 131 Å². The number of carbonyl (C=O) groups is 5.